The van der Waals surface area contributed by atoms with Crippen LogP contribution in [0.1, 0.15) is 5.56 Å². The quantitative estimate of drug-likeness (QED) is 0.322. The van der Waals surface area contributed by atoms with E-state index >= 15 is 0 Å². The molecule has 118 valence electrons. The molecule has 21 heavy (non-hydrogen) atoms. The van der Waals surface area contributed by atoms with Crippen LogP contribution in [0.2, 0.25) is 0 Å². The SMILES string of the molecule is O=C(NCCc1ccccc1)[C@@H](O)[C@H](O)[C@H](O)[C@H](O)CO. The Morgan fingerprint density at radius 2 is 1.67 bits per heavy atom. The van der Waals surface area contributed by atoms with Crippen molar-refractivity contribution in [2.75, 3.05) is 13.2 Å². The molecule has 1 amide bonds. The van der Waals surface area contributed by atoms with Crippen LogP contribution in [0.25, 0.3) is 0 Å². The van der Waals surface area contributed by atoms with Crippen LogP contribution in [-0.2, 0) is 11.2 Å². The number of hydrogen-bond acceptors (Lipinski definition) is 6. The molecule has 0 radical (unpaired) electrons. The summed E-state index contributed by atoms with van der Waals surface area (Å²) in [7, 11) is 0. The van der Waals surface area contributed by atoms with Gasteiger partial charge in [0.2, 0.25) is 0 Å². The molecule has 0 aliphatic heterocycles. The van der Waals surface area contributed by atoms with E-state index in [9.17, 15) is 20.1 Å². The molecule has 7 nitrogen and oxygen atoms in total. The van der Waals surface area contributed by atoms with Gasteiger partial charge in [0.1, 0.15) is 18.3 Å². The van der Waals surface area contributed by atoms with Crippen molar-refractivity contribution in [1.82, 2.24) is 5.32 Å². The van der Waals surface area contributed by atoms with Crippen LogP contribution in [0.5, 0.6) is 0 Å². The minimum Gasteiger partial charge on any atom is -0.394 e. The number of benzene rings is 1. The first-order chi connectivity index (χ1) is 9.97. The number of hydrogen-bond donors (Lipinski definition) is 6. The van der Waals surface area contributed by atoms with E-state index in [-0.39, 0.29) is 6.54 Å². The van der Waals surface area contributed by atoms with Crippen molar-refractivity contribution in [1.29, 1.82) is 0 Å². The van der Waals surface area contributed by atoms with E-state index in [4.69, 9.17) is 10.2 Å². The Labute approximate surface area is 122 Å². The summed E-state index contributed by atoms with van der Waals surface area (Å²) in [6.45, 7) is -0.536. The van der Waals surface area contributed by atoms with Gasteiger partial charge in [-0.1, -0.05) is 30.3 Å². The number of nitrogens with one attached hydrogen (secondary N) is 1. The Hall–Kier alpha value is -1.51. The second-order valence-electron chi connectivity index (χ2n) is 4.70. The van der Waals surface area contributed by atoms with Crippen LogP contribution >= 0.6 is 0 Å². The van der Waals surface area contributed by atoms with Crippen molar-refractivity contribution in [2.24, 2.45) is 0 Å². The van der Waals surface area contributed by atoms with Gasteiger partial charge < -0.3 is 30.8 Å². The van der Waals surface area contributed by atoms with E-state index in [0.29, 0.717) is 6.42 Å². The molecule has 0 unspecified atom stereocenters. The minimum absolute atomic E-state index is 0.255. The average Bonchev–Trinajstić information content (AvgIpc) is 2.52. The fourth-order valence-corrected chi connectivity index (χ4v) is 1.76. The lowest BCUT2D eigenvalue weighted by Gasteiger charge is -2.24. The number of carbonyl (C=O) groups is 1. The van der Waals surface area contributed by atoms with E-state index < -0.39 is 36.9 Å². The summed E-state index contributed by atoms with van der Waals surface area (Å²) in [4.78, 5) is 11.6. The first-order valence-corrected chi connectivity index (χ1v) is 6.62. The van der Waals surface area contributed by atoms with Gasteiger partial charge in [-0.2, -0.15) is 0 Å². The molecule has 0 aromatic heterocycles. The number of aliphatic hydroxyl groups is 5. The number of amides is 1. The predicted molar refractivity (Wildman–Crippen MR) is 74.3 cm³/mol. The molecule has 1 rings (SSSR count). The molecule has 1 aromatic rings. The minimum atomic E-state index is -1.89. The van der Waals surface area contributed by atoms with Crippen molar-refractivity contribution in [3.63, 3.8) is 0 Å². The summed E-state index contributed by atoms with van der Waals surface area (Å²) < 4.78 is 0. The largest absolute Gasteiger partial charge is 0.394 e. The van der Waals surface area contributed by atoms with Gasteiger partial charge in [0, 0.05) is 6.54 Å². The third-order valence-electron chi connectivity index (χ3n) is 3.08. The maximum absolute atomic E-state index is 11.6. The summed E-state index contributed by atoms with van der Waals surface area (Å²) >= 11 is 0. The molecule has 0 spiro atoms. The monoisotopic (exact) mass is 299 g/mol. The van der Waals surface area contributed by atoms with Crippen molar-refractivity contribution >= 4 is 5.91 Å². The van der Waals surface area contributed by atoms with E-state index in [1.807, 2.05) is 30.3 Å². The predicted octanol–water partition coefficient (Wildman–Crippen LogP) is -2.22. The summed E-state index contributed by atoms with van der Waals surface area (Å²) in [5, 5.41) is 48.7. The molecule has 0 heterocycles. The Bertz CT molecular complexity index is 427. The Morgan fingerprint density at radius 3 is 2.24 bits per heavy atom. The van der Waals surface area contributed by atoms with Crippen LogP contribution < -0.4 is 5.32 Å². The molecule has 4 atom stereocenters. The maximum atomic E-state index is 11.6. The molecule has 1 aromatic carbocycles. The van der Waals surface area contributed by atoms with Gasteiger partial charge in [-0.15, -0.1) is 0 Å². The molecule has 0 aliphatic carbocycles. The highest BCUT2D eigenvalue weighted by Gasteiger charge is 2.33. The van der Waals surface area contributed by atoms with E-state index in [0.717, 1.165) is 5.56 Å². The van der Waals surface area contributed by atoms with Gasteiger partial charge in [-0.3, -0.25) is 4.79 Å². The summed E-state index contributed by atoms with van der Waals surface area (Å²) in [5.41, 5.74) is 1.00. The molecule has 6 N–H and O–H groups in total. The highest BCUT2D eigenvalue weighted by atomic mass is 16.4. The normalized spacial score (nSPS) is 16.8. The Morgan fingerprint density at radius 1 is 1.05 bits per heavy atom. The fourth-order valence-electron chi connectivity index (χ4n) is 1.76. The lowest BCUT2D eigenvalue weighted by Crippen LogP contribution is -2.51. The van der Waals surface area contributed by atoms with Gasteiger partial charge in [0.25, 0.3) is 5.91 Å². The van der Waals surface area contributed by atoms with Crippen molar-refractivity contribution in [3.8, 4) is 0 Å². The van der Waals surface area contributed by atoms with Crippen LogP contribution in [0.3, 0.4) is 0 Å². The van der Waals surface area contributed by atoms with Crippen LogP contribution in [0.4, 0.5) is 0 Å². The zero-order valence-electron chi connectivity index (χ0n) is 11.5. The molecule has 7 heteroatoms. The highest BCUT2D eigenvalue weighted by Crippen LogP contribution is 2.05. The smallest absolute Gasteiger partial charge is 0.251 e. The van der Waals surface area contributed by atoms with Crippen molar-refractivity contribution in [2.45, 2.75) is 30.8 Å². The third-order valence-corrected chi connectivity index (χ3v) is 3.08. The molecule has 0 bridgehead atoms. The molecule has 0 saturated heterocycles. The number of aliphatic hydroxyl groups excluding tert-OH is 5. The van der Waals surface area contributed by atoms with Gasteiger partial charge in [0.15, 0.2) is 6.10 Å². The van der Waals surface area contributed by atoms with Crippen LogP contribution in [0, 0.1) is 0 Å². The van der Waals surface area contributed by atoms with Gasteiger partial charge in [-0.05, 0) is 12.0 Å². The van der Waals surface area contributed by atoms with Gasteiger partial charge in [-0.25, -0.2) is 0 Å². The first-order valence-electron chi connectivity index (χ1n) is 6.62. The molecular formula is C14H21NO6. The highest BCUT2D eigenvalue weighted by molar-refractivity contribution is 5.81. The zero-order valence-corrected chi connectivity index (χ0v) is 11.5. The fraction of sp³-hybridized carbons (Fsp3) is 0.500. The lowest BCUT2D eigenvalue weighted by molar-refractivity contribution is -0.148. The lowest BCUT2D eigenvalue weighted by atomic mass is 10.0. The van der Waals surface area contributed by atoms with Gasteiger partial charge >= 0.3 is 0 Å². The molecule has 0 aliphatic rings. The standard InChI is InChI=1S/C14H21NO6/c16-8-10(17)11(18)12(19)13(20)14(21)15-7-6-9-4-2-1-3-5-9/h1-5,10-13,16-20H,6-8H2,(H,15,21)/t10-,11-,12-,13+/m1/s1. The summed E-state index contributed by atoms with van der Waals surface area (Å²) in [6.07, 6.45) is -6.67. The second kappa shape index (κ2) is 8.71. The number of carbonyl (C=O) groups excluding carboxylic acids is 1. The maximum Gasteiger partial charge on any atom is 0.251 e. The summed E-state index contributed by atoms with van der Waals surface area (Å²) in [5.74, 6) is -0.859. The molecule has 0 saturated carbocycles. The topological polar surface area (TPSA) is 130 Å². The third kappa shape index (κ3) is 5.41. The Kier molecular flexibility index (Phi) is 7.27. The molecular weight excluding hydrogens is 278 g/mol. The van der Waals surface area contributed by atoms with Crippen molar-refractivity contribution < 1.29 is 30.3 Å². The zero-order chi connectivity index (χ0) is 15.8. The van der Waals surface area contributed by atoms with Crippen LogP contribution in [0.15, 0.2) is 30.3 Å². The Balaban J connectivity index is 2.40. The first kappa shape index (κ1) is 17.5. The van der Waals surface area contributed by atoms with Crippen molar-refractivity contribution in [3.05, 3.63) is 35.9 Å². The summed E-state index contributed by atoms with van der Waals surface area (Å²) in [6, 6.07) is 9.37. The molecule has 0 fully saturated rings. The number of rotatable bonds is 8. The van der Waals surface area contributed by atoms with E-state index in [2.05, 4.69) is 5.32 Å². The van der Waals surface area contributed by atoms with Gasteiger partial charge in [0.05, 0.1) is 6.61 Å². The average molecular weight is 299 g/mol. The van der Waals surface area contributed by atoms with E-state index in [1.165, 1.54) is 0 Å². The second-order valence-corrected chi connectivity index (χ2v) is 4.70. The van der Waals surface area contributed by atoms with Crippen LogP contribution in [-0.4, -0.2) is 69.0 Å². The van der Waals surface area contributed by atoms with E-state index in [1.54, 1.807) is 0 Å².